The molecule has 0 atom stereocenters. The monoisotopic (exact) mass is 310 g/mol. The molecule has 23 heavy (non-hydrogen) atoms. The molecule has 0 saturated carbocycles. The third kappa shape index (κ3) is 4.03. The van der Waals surface area contributed by atoms with Gasteiger partial charge < -0.3 is 15.3 Å². The highest BCUT2D eigenvalue weighted by molar-refractivity contribution is 5.94. The fourth-order valence-electron chi connectivity index (χ4n) is 2.88. The highest BCUT2D eigenvalue weighted by Crippen LogP contribution is 2.20. The second-order valence-corrected chi connectivity index (χ2v) is 5.91. The van der Waals surface area contributed by atoms with E-state index in [-0.39, 0.29) is 11.7 Å². The lowest BCUT2D eigenvalue weighted by Gasteiger charge is -2.17. The summed E-state index contributed by atoms with van der Waals surface area (Å²) in [6, 6.07) is 14.9. The number of hydrogen-bond donors (Lipinski definition) is 2. The number of amides is 1. The highest BCUT2D eigenvalue weighted by Gasteiger charge is 2.11. The molecule has 4 heteroatoms. The van der Waals surface area contributed by atoms with Gasteiger partial charge in [-0.15, -0.1) is 0 Å². The zero-order valence-electron chi connectivity index (χ0n) is 13.2. The van der Waals surface area contributed by atoms with Crippen LogP contribution in [-0.2, 0) is 6.42 Å². The van der Waals surface area contributed by atoms with Crippen LogP contribution in [0.5, 0.6) is 5.75 Å². The summed E-state index contributed by atoms with van der Waals surface area (Å²) in [5.74, 6) is 0.0540. The van der Waals surface area contributed by atoms with Crippen molar-refractivity contribution in [3.63, 3.8) is 0 Å². The number of hydrogen-bond acceptors (Lipinski definition) is 3. The van der Waals surface area contributed by atoms with Crippen LogP contribution in [0.3, 0.4) is 0 Å². The summed E-state index contributed by atoms with van der Waals surface area (Å²) < 4.78 is 0. The molecule has 1 fully saturated rings. The van der Waals surface area contributed by atoms with Crippen molar-refractivity contribution in [2.75, 3.05) is 24.5 Å². The van der Waals surface area contributed by atoms with Gasteiger partial charge >= 0.3 is 0 Å². The summed E-state index contributed by atoms with van der Waals surface area (Å²) in [6.45, 7) is 2.91. The molecule has 1 saturated heterocycles. The van der Waals surface area contributed by atoms with Gasteiger partial charge in [0.2, 0.25) is 0 Å². The standard InChI is InChI=1S/C19H22N2O2/c22-18-9-5-16(6-10-18)19(23)20-12-11-15-3-7-17(8-4-15)21-13-1-2-14-21/h3-10,22H,1-2,11-14H2,(H,20,23). The number of phenolic OH excluding ortho intramolecular Hbond substituents is 1. The molecule has 120 valence electrons. The van der Waals surface area contributed by atoms with E-state index < -0.39 is 0 Å². The van der Waals surface area contributed by atoms with Gasteiger partial charge in [0.25, 0.3) is 5.91 Å². The Morgan fingerprint density at radius 2 is 1.65 bits per heavy atom. The van der Waals surface area contributed by atoms with Crippen LogP contribution in [0.2, 0.25) is 0 Å². The minimum absolute atomic E-state index is 0.112. The SMILES string of the molecule is O=C(NCCc1ccc(N2CCCC2)cc1)c1ccc(O)cc1. The first-order valence-corrected chi connectivity index (χ1v) is 8.13. The minimum Gasteiger partial charge on any atom is -0.508 e. The van der Waals surface area contributed by atoms with E-state index in [0.29, 0.717) is 12.1 Å². The first kappa shape index (κ1) is 15.4. The Labute approximate surface area is 136 Å². The van der Waals surface area contributed by atoms with Crippen LogP contribution in [0.4, 0.5) is 5.69 Å². The van der Waals surface area contributed by atoms with Crippen molar-refractivity contribution in [2.45, 2.75) is 19.3 Å². The van der Waals surface area contributed by atoms with E-state index in [2.05, 4.69) is 34.5 Å². The van der Waals surface area contributed by atoms with Crippen molar-refractivity contribution in [1.82, 2.24) is 5.32 Å². The molecule has 0 aliphatic carbocycles. The first-order valence-electron chi connectivity index (χ1n) is 8.13. The van der Waals surface area contributed by atoms with Crippen LogP contribution < -0.4 is 10.2 Å². The van der Waals surface area contributed by atoms with Gasteiger partial charge in [0.1, 0.15) is 5.75 Å². The molecule has 2 aromatic carbocycles. The fraction of sp³-hybridized carbons (Fsp3) is 0.316. The first-order chi connectivity index (χ1) is 11.2. The largest absolute Gasteiger partial charge is 0.508 e. The predicted molar refractivity (Wildman–Crippen MR) is 92.0 cm³/mol. The van der Waals surface area contributed by atoms with Gasteiger partial charge in [0.15, 0.2) is 0 Å². The molecule has 0 aromatic heterocycles. The third-order valence-electron chi connectivity index (χ3n) is 4.24. The molecular weight excluding hydrogens is 288 g/mol. The van der Waals surface area contributed by atoms with Crippen LogP contribution in [0.25, 0.3) is 0 Å². The van der Waals surface area contributed by atoms with Crippen molar-refractivity contribution >= 4 is 11.6 Å². The summed E-state index contributed by atoms with van der Waals surface area (Å²) in [5.41, 5.74) is 3.07. The average Bonchev–Trinajstić information content (AvgIpc) is 3.10. The fourth-order valence-corrected chi connectivity index (χ4v) is 2.88. The number of carbonyl (C=O) groups is 1. The van der Waals surface area contributed by atoms with Gasteiger partial charge in [0.05, 0.1) is 0 Å². The Morgan fingerprint density at radius 1 is 1.00 bits per heavy atom. The summed E-state index contributed by atoms with van der Waals surface area (Å²) in [5, 5.41) is 12.1. The van der Waals surface area contributed by atoms with E-state index in [1.165, 1.54) is 36.2 Å². The van der Waals surface area contributed by atoms with Gasteiger partial charge in [-0.05, 0) is 61.2 Å². The zero-order valence-corrected chi connectivity index (χ0v) is 13.2. The van der Waals surface area contributed by atoms with Gasteiger partial charge in [-0.3, -0.25) is 4.79 Å². The number of anilines is 1. The van der Waals surface area contributed by atoms with Crippen LogP contribution in [-0.4, -0.2) is 30.6 Å². The maximum atomic E-state index is 12.0. The Kier molecular flexibility index (Phi) is 4.81. The van der Waals surface area contributed by atoms with Crippen LogP contribution in [0, 0.1) is 0 Å². The number of rotatable bonds is 5. The third-order valence-corrected chi connectivity index (χ3v) is 4.24. The van der Waals surface area contributed by atoms with Gasteiger partial charge in [-0.2, -0.15) is 0 Å². The normalized spacial score (nSPS) is 14.0. The lowest BCUT2D eigenvalue weighted by molar-refractivity contribution is 0.0954. The van der Waals surface area contributed by atoms with E-state index >= 15 is 0 Å². The molecule has 4 nitrogen and oxygen atoms in total. The Balaban J connectivity index is 1.48. The van der Waals surface area contributed by atoms with E-state index in [4.69, 9.17) is 0 Å². The Bertz CT molecular complexity index is 644. The van der Waals surface area contributed by atoms with Crippen LogP contribution in [0.15, 0.2) is 48.5 Å². The molecule has 1 aliphatic heterocycles. The van der Waals surface area contributed by atoms with E-state index in [1.807, 2.05) is 0 Å². The van der Waals surface area contributed by atoms with Gasteiger partial charge in [-0.1, -0.05) is 12.1 Å². The maximum Gasteiger partial charge on any atom is 0.251 e. The van der Waals surface area contributed by atoms with E-state index in [1.54, 1.807) is 12.1 Å². The molecule has 0 spiro atoms. The molecule has 1 amide bonds. The second kappa shape index (κ2) is 7.18. The Morgan fingerprint density at radius 3 is 2.30 bits per heavy atom. The van der Waals surface area contributed by atoms with Crippen molar-refractivity contribution in [3.05, 3.63) is 59.7 Å². The van der Waals surface area contributed by atoms with Crippen molar-refractivity contribution in [3.8, 4) is 5.75 Å². The lowest BCUT2D eigenvalue weighted by atomic mass is 10.1. The molecule has 2 N–H and O–H groups in total. The lowest BCUT2D eigenvalue weighted by Crippen LogP contribution is -2.25. The summed E-state index contributed by atoms with van der Waals surface area (Å²) >= 11 is 0. The van der Waals surface area contributed by atoms with Crippen molar-refractivity contribution < 1.29 is 9.90 Å². The molecule has 0 bridgehead atoms. The minimum atomic E-state index is -0.112. The number of nitrogens with one attached hydrogen (secondary N) is 1. The van der Waals surface area contributed by atoms with Crippen LogP contribution >= 0.6 is 0 Å². The van der Waals surface area contributed by atoms with Crippen LogP contribution in [0.1, 0.15) is 28.8 Å². The summed E-state index contributed by atoms with van der Waals surface area (Å²) in [6.07, 6.45) is 3.38. The molecule has 2 aromatic rings. The second-order valence-electron chi connectivity index (χ2n) is 5.91. The molecule has 1 heterocycles. The molecule has 1 aliphatic rings. The molecule has 3 rings (SSSR count). The predicted octanol–water partition coefficient (Wildman–Crippen LogP) is 2.96. The van der Waals surface area contributed by atoms with Gasteiger partial charge in [0, 0.05) is 30.9 Å². The maximum absolute atomic E-state index is 12.0. The summed E-state index contributed by atoms with van der Waals surface area (Å²) in [7, 11) is 0. The van der Waals surface area contributed by atoms with E-state index in [0.717, 1.165) is 19.5 Å². The quantitative estimate of drug-likeness (QED) is 0.893. The Hall–Kier alpha value is -2.49. The molecular formula is C19H22N2O2. The van der Waals surface area contributed by atoms with E-state index in [9.17, 15) is 9.90 Å². The smallest absolute Gasteiger partial charge is 0.251 e. The van der Waals surface area contributed by atoms with Crippen molar-refractivity contribution in [1.29, 1.82) is 0 Å². The number of phenols is 1. The number of nitrogens with zero attached hydrogens (tertiary/aromatic N) is 1. The molecule has 0 radical (unpaired) electrons. The topological polar surface area (TPSA) is 52.6 Å². The number of carbonyl (C=O) groups excluding carboxylic acids is 1. The molecule has 0 unspecified atom stereocenters. The van der Waals surface area contributed by atoms with Crippen molar-refractivity contribution in [2.24, 2.45) is 0 Å². The summed E-state index contributed by atoms with van der Waals surface area (Å²) in [4.78, 5) is 14.4. The number of aromatic hydroxyl groups is 1. The highest BCUT2D eigenvalue weighted by atomic mass is 16.3. The zero-order chi connectivity index (χ0) is 16.1. The number of benzene rings is 2. The average molecular weight is 310 g/mol. The van der Waals surface area contributed by atoms with Gasteiger partial charge in [-0.25, -0.2) is 0 Å².